The van der Waals surface area contributed by atoms with E-state index in [1.807, 2.05) is 6.07 Å². The van der Waals surface area contributed by atoms with Crippen LogP contribution in [0.3, 0.4) is 0 Å². The van der Waals surface area contributed by atoms with Crippen molar-refractivity contribution < 1.29 is 0 Å². The van der Waals surface area contributed by atoms with E-state index < -0.39 is 0 Å². The molecule has 1 aromatic rings. The second-order valence-electron chi connectivity index (χ2n) is 3.36. The van der Waals surface area contributed by atoms with E-state index in [9.17, 15) is 0 Å². The topological polar surface area (TPSA) is 12.0 Å². The summed E-state index contributed by atoms with van der Waals surface area (Å²) in [6.07, 6.45) is 1.20. The SMILES string of the molecule is Cl.Clc1cc(Br)ccc1C1CCNC1. The van der Waals surface area contributed by atoms with Gasteiger partial charge in [-0.3, -0.25) is 0 Å². The molecule has 1 nitrogen and oxygen atoms in total. The molecular formula is C10H12BrCl2N. The van der Waals surface area contributed by atoms with Gasteiger partial charge in [-0.25, -0.2) is 0 Å². The minimum Gasteiger partial charge on any atom is -0.316 e. The molecule has 4 heteroatoms. The van der Waals surface area contributed by atoms with E-state index >= 15 is 0 Å². The fourth-order valence-electron chi connectivity index (χ4n) is 1.75. The zero-order chi connectivity index (χ0) is 9.26. The Labute approximate surface area is 104 Å². The maximum absolute atomic E-state index is 6.15. The van der Waals surface area contributed by atoms with Gasteiger partial charge < -0.3 is 5.32 Å². The number of hydrogen-bond acceptors (Lipinski definition) is 1. The van der Waals surface area contributed by atoms with Gasteiger partial charge in [-0.15, -0.1) is 12.4 Å². The number of benzene rings is 1. The molecule has 14 heavy (non-hydrogen) atoms. The Morgan fingerprint density at radius 3 is 2.79 bits per heavy atom. The first kappa shape index (κ1) is 12.3. The maximum Gasteiger partial charge on any atom is 0.0452 e. The predicted octanol–water partition coefficient (Wildman–Crippen LogP) is 3.60. The van der Waals surface area contributed by atoms with Crippen molar-refractivity contribution in [2.75, 3.05) is 13.1 Å². The molecule has 0 amide bonds. The van der Waals surface area contributed by atoms with Crippen molar-refractivity contribution in [1.82, 2.24) is 5.32 Å². The molecule has 1 aromatic carbocycles. The Morgan fingerprint density at radius 2 is 2.21 bits per heavy atom. The van der Waals surface area contributed by atoms with Crippen LogP contribution in [-0.4, -0.2) is 13.1 Å². The van der Waals surface area contributed by atoms with Crippen LogP contribution < -0.4 is 5.32 Å². The average molecular weight is 297 g/mol. The van der Waals surface area contributed by atoms with Crippen molar-refractivity contribution >= 4 is 39.9 Å². The first-order valence-electron chi connectivity index (χ1n) is 4.43. The fraction of sp³-hybridized carbons (Fsp3) is 0.400. The lowest BCUT2D eigenvalue weighted by molar-refractivity contribution is 0.763. The van der Waals surface area contributed by atoms with Gasteiger partial charge in [0, 0.05) is 16.0 Å². The lowest BCUT2D eigenvalue weighted by atomic mass is 9.99. The van der Waals surface area contributed by atoms with Gasteiger partial charge in [0.2, 0.25) is 0 Å². The standard InChI is InChI=1S/C10H11BrClN.ClH/c11-8-1-2-9(10(12)5-8)7-3-4-13-6-7;/h1-2,5,7,13H,3-4,6H2;1H. The zero-order valence-corrected chi connectivity index (χ0v) is 10.8. The van der Waals surface area contributed by atoms with Gasteiger partial charge in [-0.2, -0.15) is 0 Å². The molecule has 0 aromatic heterocycles. The van der Waals surface area contributed by atoms with Crippen LogP contribution in [0, 0.1) is 0 Å². The minimum absolute atomic E-state index is 0. The quantitative estimate of drug-likeness (QED) is 0.835. The van der Waals surface area contributed by atoms with E-state index in [0.29, 0.717) is 5.92 Å². The normalized spacial score (nSPS) is 20.6. The Balaban J connectivity index is 0.000000980. The van der Waals surface area contributed by atoms with Crippen molar-refractivity contribution in [2.24, 2.45) is 0 Å². The summed E-state index contributed by atoms with van der Waals surface area (Å²) in [5, 5.41) is 4.22. The van der Waals surface area contributed by atoms with Crippen LogP contribution in [0.2, 0.25) is 5.02 Å². The third kappa shape index (κ3) is 2.63. The molecule has 0 aliphatic carbocycles. The van der Waals surface area contributed by atoms with Gasteiger partial charge in [0.1, 0.15) is 0 Å². The second-order valence-corrected chi connectivity index (χ2v) is 4.68. The molecule has 0 bridgehead atoms. The van der Waals surface area contributed by atoms with Crippen LogP contribution in [0.4, 0.5) is 0 Å². The number of hydrogen-bond donors (Lipinski definition) is 1. The molecule has 0 spiro atoms. The smallest absolute Gasteiger partial charge is 0.0452 e. The highest BCUT2D eigenvalue weighted by atomic mass is 79.9. The van der Waals surface area contributed by atoms with Gasteiger partial charge in [-0.05, 0) is 36.6 Å². The summed E-state index contributed by atoms with van der Waals surface area (Å²) < 4.78 is 1.05. The van der Waals surface area contributed by atoms with E-state index in [1.165, 1.54) is 12.0 Å². The summed E-state index contributed by atoms with van der Waals surface area (Å²) in [4.78, 5) is 0. The van der Waals surface area contributed by atoms with Crippen molar-refractivity contribution in [1.29, 1.82) is 0 Å². The van der Waals surface area contributed by atoms with Crippen LogP contribution >= 0.6 is 39.9 Å². The third-order valence-corrected chi connectivity index (χ3v) is 3.28. The summed E-state index contributed by atoms with van der Waals surface area (Å²) in [5.41, 5.74) is 1.27. The van der Waals surface area contributed by atoms with Gasteiger partial charge >= 0.3 is 0 Å². The first-order chi connectivity index (χ1) is 6.27. The fourth-order valence-corrected chi connectivity index (χ4v) is 2.58. The molecule has 0 saturated carbocycles. The summed E-state index contributed by atoms with van der Waals surface area (Å²) in [7, 11) is 0. The lowest BCUT2D eigenvalue weighted by Gasteiger charge is -2.10. The van der Waals surface area contributed by atoms with E-state index in [0.717, 1.165) is 22.6 Å². The van der Waals surface area contributed by atoms with Crippen molar-refractivity contribution in [2.45, 2.75) is 12.3 Å². The Hall–Kier alpha value is 0.240. The van der Waals surface area contributed by atoms with Crippen LogP contribution in [-0.2, 0) is 0 Å². The highest BCUT2D eigenvalue weighted by Crippen LogP contribution is 2.30. The Bertz CT molecular complexity index is 311. The maximum atomic E-state index is 6.15. The highest BCUT2D eigenvalue weighted by Gasteiger charge is 2.18. The van der Waals surface area contributed by atoms with E-state index in [1.54, 1.807) is 0 Å². The van der Waals surface area contributed by atoms with Crippen molar-refractivity contribution in [3.8, 4) is 0 Å². The summed E-state index contributed by atoms with van der Waals surface area (Å²) >= 11 is 9.56. The number of halogens is 3. The lowest BCUT2D eigenvalue weighted by Crippen LogP contribution is -2.08. The van der Waals surface area contributed by atoms with Crippen molar-refractivity contribution in [3.63, 3.8) is 0 Å². The largest absolute Gasteiger partial charge is 0.316 e. The molecular weight excluding hydrogens is 285 g/mol. The number of nitrogens with one attached hydrogen (secondary N) is 1. The van der Waals surface area contributed by atoms with E-state index in [2.05, 4.69) is 33.4 Å². The van der Waals surface area contributed by atoms with Gasteiger partial charge in [-0.1, -0.05) is 33.6 Å². The Kier molecular flexibility index (Phi) is 4.71. The molecule has 78 valence electrons. The monoisotopic (exact) mass is 295 g/mol. The average Bonchev–Trinajstić information content (AvgIpc) is 2.56. The molecule has 0 radical (unpaired) electrons. The van der Waals surface area contributed by atoms with Gasteiger partial charge in [0.05, 0.1) is 0 Å². The molecule has 1 N–H and O–H groups in total. The van der Waals surface area contributed by atoms with E-state index in [-0.39, 0.29) is 12.4 Å². The molecule has 1 fully saturated rings. The zero-order valence-electron chi connectivity index (χ0n) is 7.59. The van der Waals surface area contributed by atoms with Crippen LogP contribution in [0.25, 0.3) is 0 Å². The second kappa shape index (κ2) is 5.36. The van der Waals surface area contributed by atoms with Crippen LogP contribution in [0.15, 0.2) is 22.7 Å². The van der Waals surface area contributed by atoms with E-state index in [4.69, 9.17) is 11.6 Å². The molecule has 1 unspecified atom stereocenters. The molecule has 1 aliphatic heterocycles. The van der Waals surface area contributed by atoms with Crippen LogP contribution in [0.5, 0.6) is 0 Å². The molecule has 1 saturated heterocycles. The van der Waals surface area contributed by atoms with Gasteiger partial charge in [0.25, 0.3) is 0 Å². The summed E-state index contributed by atoms with van der Waals surface area (Å²) in [6, 6.07) is 6.14. The van der Waals surface area contributed by atoms with Gasteiger partial charge in [0.15, 0.2) is 0 Å². The summed E-state index contributed by atoms with van der Waals surface area (Å²) in [5.74, 6) is 0.598. The first-order valence-corrected chi connectivity index (χ1v) is 5.60. The molecule has 1 atom stereocenters. The minimum atomic E-state index is 0. The van der Waals surface area contributed by atoms with Crippen molar-refractivity contribution in [3.05, 3.63) is 33.3 Å². The molecule has 2 rings (SSSR count). The predicted molar refractivity (Wildman–Crippen MR) is 66.6 cm³/mol. The molecule has 1 aliphatic rings. The highest BCUT2D eigenvalue weighted by molar-refractivity contribution is 9.10. The van der Waals surface area contributed by atoms with Crippen LogP contribution in [0.1, 0.15) is 17.9 Å². The molecule has 1 heterocycles. The Morgan fingerprint density at radius 1 is 1.43 bits per heavy atom. The summed E-state index contributed by atoms with van der Waals surface area (Å²) in [6.45, 7) is 2.17. The number of rotatable bonds is 1. The third-order valence-electron chi connectivity index (χ3n) is 2.46.